The van der Waals surface area contributed by atoms with E-state index in [1.165, 1.54) is 23.5 Å². The maximum absolute atomic E-state index is 13.4. The summed E-state index contributed by atoms with van der Waals surface area (Å²) in [5.74, 6) is 0.0428. The van der Waals surface area contributed by atoms with Crippen LogP contribution in [0.5, 0.6) is 0 Å². The molecule has 6 nitrogen and oxygen atoms in total. The van der Waals surface area contributed by atoms with E-state index in [1.54, 1.807) is 12.1 Å². The number of fused-ring (bicyclic) bond motifs is 1. The summed E-state index contributed by atoms with van der Waals surface area (Å²) in [7, 11) is 0. The van der Waals surface area contributed by atoms with Crippen molar-refractivity contribution < 1.29 is 13.9 Å². The minimum Gasteiger partial charge on any atom is -0.373 e. The topological polar surface area (TPSA) is 58.9 Å². The van der Waals surface area contributed by atoms with Crippen LogP contribution in [-0.2, 0) is 11.3 Å². The molecule has 1 fully saturated rings. The van der Waals surface area contributed by atoms with Crippen LogP contribution >= 0.6 is 11.3 Å². The Kier molecular flexibility index (Phi) is 5.97. The molecule has 0 radical (unpaired) electrons. The average Bonchev–Trinajstić information content (AvgIpc) is 3.37. The minimum atomic E-state index is -0.313. The Morgan fingerprint density at radius 3 is 2.52 bits per heavy atom. The fourth-order valence-electron chi connectivity index (χ4n) is 4.33. The summed E-state index contributed by atoms with van der Waals surface area (Å²) >= 11 is 1.47. The molecule has 0 saturated carbocycles. The highest BCUT2D eigenvalue weighted by molar-refractivity contribution is 7.15. The number of ether oxygens (including phenoxy) is 1. The largest absolute Gasteiger partial charge is 0.373 e. The molecular weight excluding hydrogens is 439 g/mol. The van der Waals surface area contributed by atoms with Gasteiger partial charge >= 0.3 is 0 Å². The van der Waals surface area contributed by atoms with Crippen molar-refractivity contribution in [2.75, 3.05) is 18.4 Å². The summed E-state index contributed by atoms with van der Waals surface area (Å²) in [4.78, 5) is 20.8. The summed E-state index contributed by atoms with van der Waals surface area (Å²) in [6, 6.07) is 13.8. The molecule has 8 heteroatoms. The number of halogens is 1. The number of morpholine rings is 1. The van der Waals surface area contributed by atoms with Gasteiger partial charge in [0.15, 0.2) is 4.96 Å². The molecular formula is C25H25FN4O2S. The average molecular weight is 465 g/mol. The smallest absolute Gasteiger partial charge is 0.256 e. The Morgan fingerprint density at radius 2 is 1.82 bits per heavy atom. The maximum Gasteiger partial charge on any atom is 0.256 e. The highest BCUT2D eigenvalue weighted by Crippen LogP contribution is 2.31. The van der Waals surface area contributed by atoms with Crippen molar-refractivity contribution in [1.29, 1.82) is 0 Å². The third-order valence-electron chi connectivity index (χ3n) is 5.73. The molecule has 1 aliphatic rings. The third kappa shape index (κ3) is 4.68. The second-order valence-electron chi connectivity index (χ2n) is 8.47. The number of benzene rings is 2. The monoisotopic (exact) mass is 464 g/mol. The van der Waals surface area contributed by atoms with E-state index < -0.39 is 0 Å². The first-order valence-electron chi connectivity index (χ1n) is 11.0. The van der Waals surface area contributed by atoms with E-state index in [9.17, 15) is 9.18 Å². The number of rotatable bonds is 5. The number of thiazole rings is 1. The number of carbonyl (C=O) groups is 1. The number of carbonyl (C=O) groups excluding carboxylic acids is 1. The maximum atomic E-state index is 13.4. The quantitative estimate of drug-likeness (QED) is 0.448. The summed E-state index contributed by atoms with van der Waals surface area (Å²) < 4.78 is 21.0. The van der Waals surface area contributed by atoms with Crippen LogP contribution < -0.4 is 5.32 Å². The molecule has 33 heavy (non-hydrogen) atoms. The Balaban J connectivity index is 1.34. The van der Waals surface area contributed by atoms with E-state index >= 15 is 0 Å². The summed E-state index contributed by atoms with van der Waals surface area (Å²) in [5.41, 5.74) is 3.08. The molecule has 2 aromatic carbocycles. The zero-order chi connectivity index (χ0) is 22.9. The van der Waals surface area contributed by atoms with Crippen LogP contribution in [0.2, 0.25) is 0 Å². The lowest BCUT2D eigenvalue weighted by Crippen LogP contribution is -2.44. The second-order valence-corrected chi connectivity index (χ2v) is 9.35. The molecule has 0 bridgehead atoms. The molecule has 5 rings (SSSR count). The Hall–Kier alpha value is -3.07. The van der Waals surface area contributed by atoms with E-state index in [-0.39, 0.29) is 23.9 Å². The standard InChI is InChI=1S/C25H25FN4O2S/c1-16-13-29(14-17(2)32-16)15-18-3-5-20(6-4-18)24(31)28-23-22(19-7-9-21(26)10-8-19)27-25-30(23)11-12-33-25/h3-12,16-17H,13-15H2,1-2H3,(H,28,31). The zero-order valence-corrected chi connectivity index (χ0v) is 19.3. The molecule has 0 aliphatic carbocycles. The van der Waals surface area contributed by atoms with Gasteiger partial charge in [0.25, 0.3) is 5.91 Å². The van der Waals surface area contributed by atoms with Gasteiger partial charge in [0.05, 0.1) is 12.2 Å². The number of nitrogens with zero attached hydrogens (tertiary/aromatic N) is 3. The van der Waals surface area contributed by atoms with Crippen LogP contribution in [0, 0.1) is 5.82 Å². The van der Waals surface area contributed by atoms with Crippen molar-refractivity contribution in [2.24, 2.45) is 0 Å². The molecule has 0 spiro atoms. The van der Waals surface area contributed by atoms with Gasteiger partial charge in [-0.05, 0) is 55.8 Å². The van der Waals surface area contributed by atoms with Crippen LogP contribution in [-0.4, -0.2) is 45.5 Å². The van der Waals surface area contributed by atoms with Gasteiger partial charge in [-0.1, -0.05) is 12.1 Å². The highest BCUT2D eigenvalue weighted by atomic mass is 32.1. The van der Waals surface area contributed by atoms with Crippen molar-refractivity contribution >= 4 is 28.0 Å². The van der Waals surface area contributed by atoms with Crippen LogP contribution in [0.4, 0.5) is 10.2 Å². The minimum absolute atomic E-state index is 0.216. The molecule has 4 aromatic rings. The summed E-state index contributed by atoms with van der Waals surface area (Å²) in [6.07, 6.45) is 2.31. The van der Waals surface area contributed by atoms with Gasteiger partial charge in [0.2, 0.25) is 0 Å². The normalized spacial score (nSPS) is 19.1. The fraction of sp³-hybridized carbons (Fsp3) is 0.280. The molecule has 1 saturated heterocycles. The van der Waals surface area contributed by atoms with Crippen molar-refractivity contribution in [2.45, 2.75) is 32.6 Å². The molecule has 2 unspecified atom stereocenters. The Labute approximate surface area is 195 Å². The van der Waals surface area contributed by atoms with Gasteiger partial charge in [-0.15, -0.1) is 11.3 Å². The van der Waals surface area contributed by atoms with Crippen molar-refractivity contribution in [3.63, 3.8) is 0 Å². The molecule has 2 atom stereocenters. The van der Waals surface area contributed by atoms with Gasteiger partial charge in [0, 0.05) is 42.3 Å². The first kappa shape index (κ1) is 21.8. The molecule has 170 valence electrons. The van der Waals surface area contributed by atoms with Gasteiger partial charge < -0.3 is 10.1 Å². The van der Waals surface area contributed by atoms with Crippen molar-refractivity contribution in [3.8, 4) is 11.3 Å². The first-order valence-corrected chi connectivity index (χ1v) is 11.8. The second kappa shape index (κ2) is 9.05. The van der Waals surface area contributed by atoms with Gasteiger partial charge in [-0.25, -0.2) is 9.37 Å². The SMILES string of the molecule is CC1CN(Cc2ccc(C(=O)Nc3c(-c4ccc(F)cc4)nc4sccn34)cc2)CC(C)O1. The lowest BCUT2D eigenvalue weighted by atomic mass is 10.1. The van der Waals surface area contributed by atoms with E-state index in [1.807, 2.05) is 40.2 Å². The number of hydrogen-bond donors (Lipinski definition) is 1. The number of anilines is 1. The van der Waals surface area contributed by atoms with Gasteiger partial charge in [0.1, 0.15) is 17.3 Å². The van der Waals surface area contributed by atoms with Crippen LogP contribution in [0.1, 0.15) is 29.8 Å². The Bertz CT molecular complexity index is 1260. The number of amides is 1. The van der Waals surface area contributed by atoms with E-state index in [0.717, 1.165) is 35.7 Å². The van der Waals surface area contributed by atoms with E-state index in [0.29, 0.717) is 17.1 Å². The highest BCUT2D eigenvalue weighted by Gasteiger charge is 2.22. The number of hydrogen-bond acceptors (Lipinski definition) is 5. The van der Waals surface area contributed by atoms with Crippen LogP contribution in [0.15, 0.2) is 60.1 Å². The van der Waals surface area contributed by atoms with Crippen LogP contribution in [0.3, 0.4) is 0 Å². The lowest BCUT2D eigenvalue weighted by Gasteiger charge is -2.35. The zero-order valence-electron chi connectivity index (χ0n) is 18.5. The number of imidazole rings is 1. The predicted octanol–water partition coefficient (Wildman–Crippen LogP) is 5.06. The molecule has 1 N–H and O–H groups in total. The van der Waals surface area contributed by atoms with E-state index in [2.05, 4.69) is 29.0 Å². The number of aromatic nitrogens is 2. The number of nitrogens with one attached hydrogen (secondary N) is 1. The summed E-state index contributed by atoms with van der Waals surface area (Å²) in [6.45, 7) is 6.81. The predicted molar refractivity (Wildman–Crippen MR) is 128 cm³/mol. The van der Waals surface area contributed by atoms with Crippen LogP contribution in [0.25, 0.3) is 16.2 Å². The summed E-state index contributed by atoms with van der Waals surface area (Å²) in [5, 5.41) is 4.92. The van der Waals surface area contributed by atoms with Crippen molar-refractivity contribution in [3.05, 3.63) is 77.1 Å². The van der Waals surface area contributed by atoms with Crippen molar-refractivity contribution in [1.82, 2.24) is 14.3 Å². The first-order chi connectivity index (χ1) is 16.0. The molecule has 3 heterocycles. The fourth-order valence-corrected chi connectivity index (χ4v) is 5.04. The van der Waals surface area contributed by atoms with Gasteiger partial charge in [-0.2, -0.15) is 0 Å². The van der Waals surface area contributed by atoms with Gasteiger partial charge in [-0.3, -0.25) is 14.1 Å². The third-order valence-corrected chi connectivity index (χ3v) is 6.49. The Morgan fingerprint density at radius 1 is 1.12 bits per heavy atom. The molecule has 1 amide bonds. The molecule has 2 aromatic heterocycles. The van der Waals surface area contributed by atoms with E-state index in [4.69, 9.17) is 4.74 Å². The molecule has 1 aliphatic heterocycles. The lowest BCUT2D eigenvalue weighted by molar-refractivity contribution is -0.0704.